The number of carbonyl (C=O) groups is 2. The van der Waals surface area contributed by atoms with E-state index in [1.807, 2.05) is 44.2 Å². The van der Waals surface area contributed by atoms with Gasteiger partial charge in [-0.05, 0) is 37.6 Å². The number of ether oxygens (including phenoxy) is 1. The number of phenols is 1. The topological polar surface area (TPSA) is 66.8 Å². The Morgan fingerprint density at radius 2 is 1.47 bits per heavy atom. The standard InChI is InChI=1S/C25H25NO4/c1-3-26(4-2)19-14-15-22(23(27)16-19)24(28)20-12-8-9-13-21(20)25(29)30-17-18-10-6-5-7-11-18/h5-16,27H,3-4,17H2,1-2H3. The molecule has 0 bridgehead atoms. The van der Waals surface area contributed by atoms with E-state index >= 15 is 0 Å². The van der Waals surface area contributed by atoms with Gasteiger partial charge in [0.15, 0.2) is 5.78 Å². The lowest BCUT2D eigenvalue weighted by Gasteiger charge is -2.21. The van der Waals surface area contributed by atoms with E-state index in [2.05, 4.69) is 4.90 Å². The quantitative estimate of drug-likeness (QED) is 0.431. The van der Waals surface area contributed by atoms with Crippen LogP contribution < -0.4 is 4.90 Å². The Labute approximate surface area is 176 Å². The van der Waals surface area contributed by atoms with Crippen molar-refractivity contribution in [2.24, 2.45) is 0 Å². The van der Waals surface area contributed by atoms with Gasteiger partial charge in [0.25, 0.3) is 0 Å². The number of carbonyl (C=O) groups excluding carboxylic acids is 2. The van der Waals surface area contributed by atoms with E-state index in [0.29, 0.717) is 0 Å². The summed E-state index contributed by atoms with van der Waals surface area (Å²) in [6, 6.07) is 20.8. The van der Waals surface area contributed by atoms with Crippen molar-refractivity contribution in [2.45, 2.75) is 20.5 Å². The van der Waals surface area contributed by atoms with Crippen LogP contribution in [0.4, 0.5) is 5.69 Å². The Bertz CT molecular complexity index is 1030. The molecule has 0 heterocycles. The highest BCUT2D eigenvalue weighted by molar-refractivity contribution is 6.15. The van der Waals surface area contributed by atoms with Crippen molar-refractivity contribution in [1.29, 1.82) is 0 Å². The number of rotatable bonds is 8. The molecule has 3 aromatic carbocycles. The predicted molar refractivity (Wildman–Crippen MR) is 117 cm³/mol. The molecule has 0 aliphatic carbocycles. The van der Waals surface area contributed by atoms with E-state index in [1.54, 1.807) is 42.5 Å². The van der Waals surface area contributed by atoms with Gasteiger partial charge in [-0.25, -0.2) is 4.79 Å². The van der Waals surface area contributed by atoms with Gasteiger partial charge in [0.1, 0.15) is 12.4 Å². The zero-order chi connectivity index (χ0) is 21.5. The van der Waals surface area contributed by atoms with Gasteiger partial charge in [-0.15, -0.1) is 0 Å². The molecule has 0 aromatic heterocycles. The van der Waals surface area contributed by atoms with Crippen molar-refractivity contribution >= 4 is 17.4 Å². The second-order valence-corrected chi connectivity index (χ2v) is 6.81. The zero-order valence-electron chi connectivity index (χ0n) is 17.2. The van der Waals surface area contributed by atoms with E-state index in [-0.39, 0.29) is 29.0 Å². The molecule has 154 valence electrons. The van der Waals surface area contributed by atoms with Crippen LogP contribution in [0, 0.1) is 0 Å². The van der Waals surface area contributed by atoms with Crippen LogP contribution in [0.5, 0.6) is 5.75 Å². The van der Waals surface area contributed by atoms with Crippen molar-refractivity contribution < 1.29 is 19.4 Å². The zero-order valence-corrected chi connectivity index (χ0v) is 17.2. The molecule has 5 heteroatoms. The van der Waals surface area contributed by atoms with Gasteiger partial charge in [0.05, 0.1) is 11.1 Å². The summed E-state index contributed by atoms with van der Waals surface area (Å²) in [5.74, 6) is -1.12. The molecule has 0 radical (unpaired) electrons. The van der Waals surface area contributed by atoms with Crippen molar-refractivity contribution in [1.82, 2.24) is 0 Å². The first-order valence-corrected chi connectivity index (χ1v) is 9.97. The van der Waals surface area contributed by atoms with E-state index in [1.165, 1.54) is 0 Å². The van der Waals surface area contributed by atoms with Gasteiger partial charge in [0, 0.05) is 30.4 Å². The fourth-order valence-electron chi connectivity index (χ4n) is 3.30. The van der Waals surface area contributed by atoms with Crippen molar-refractivity contribution in [3.63, 3.8) is 0 Å². The Morgan fingerprint density at radius 1 is 0.833 bits per heavy atom. The maximum atomic E-state index is 13.1. The summed E-state index contributed by atoms with van der Waals surface area (Å²) in [5.41, 5.74) is 2.21. The maximum Gasteiger partial charge on any atom is 0.339 e. The molecule has 30 heavy (non-hydrogen) atoms. The van der Waals surface area contributed by atoms with Crippen LogP contribution in [0.1, 0.15) is 45.7 Å². The Morgan fingerprint density at radius 3 is 2.10 bits per heavy atom. The summed E-state index contributed by atoms with van der Waals surface area (Å²) >= 11 is 0. The second-order valence-electron chi connectivity index (χ2n) is 6.81. The highest BCUT2D eigenvalue weighted by Crippen LogP contribution is 2.28. The first kappa shape index (κ1) is 21.1. The fraction of sp³-hybridized carbons (Fsp3) is 0.200. The number of hydrogen-bond donors (Lipinski definition) is 1. The largest absolute Gasteiger partial charge is 0.507 e. The number of benzene rings is 3. The molecule has 0 spiro atoms. The number of hydrogen-bond acceptors (Lipinski definition) is 5. The minimum absolute atomic E-state index is 0.114. The second kappa shape index (κ2) is 9.74. The number of esters is 1. The molecule has 5 nitrogen and oxygen atoms in total. The molecule has 0 saturated carbocycles. The number of aromatic hydroxyl groups is 1. The smallest absolute Gasteiger partial charge is 0.339 e. The molecular formula is C25H25NO4. The fourth-order valence-corrected chi connectivity index (χ4v) is 3.30. The van der Waals surface area contributed by atoms with Gasteiger partial charge in [-0.3, -0.25) is 4.79 Å². The molecular weight excluding hydrogens is 378 g/mol. The van der Waals surface area contributed by atoms with Crippen LogP contribution in [0.25, 0.3) is 0 Å². The van der Waals surface area contributed by atoms with Crippen molar-refractivity contribution in [3.8, 4) is 5.75 Å². The van der Waals surface area contributed by atoms with E-state index in [0.717, 1.165) is 24.3 Å². The molecule has 3 rings (SSSR count). The Kier molecular flexibility index (Phi) is 6.86. The maximum absolute atomic E-state index is 13.1. The summed E-state index contributed by atoms with van der Waals surface area (Å²) in [6.07, 6.45) is 0. The third kappa shape index (κ3) is 4.69. The lowest BCUT2D eigenvalue weighted by atomic mass is 9.97. The summed E-state index contributed by atoms with van der Waals surface area (Å²) in [7, 11) is 0. The lowest BCUT2D eigenvalue weighted by molar-refractivity contribution is 0.0470. The molecule has 0 amide bonds. The number of nitrogens with zero attached hydrogens (tertiary/aromatic N) is 1. The van der Waals surface area contributed by atoms with Gasteiger partial charge < -0.3 is 14.7 Å². The molecule has 0 aliphatic heterocycles. The van der Waals surface area contributed by atoms with Crippen LogP contribution in [0.2, 0.25) is 0 Å². The normalized spacial score (nSPS) is 10.5. The number of anilines is 1. The Balaban J connectivity index is 1.84. The predicted octanol–water partition coefficient (Wildman–Crippen LogP) is 4.83. The minimum Gasteiger partial charge on any atom is -0.507 e. The third-order valence-corrected chi connectivity index (χ3v) is 4.96. The number of ketones is 1. The Hall–Kier alpha value is -3.60. The van der Waals surface area contributed by atoms with E-state index in [4.69, 9.17) is 4.74 Å². The van der Waals surface area contributed by atoms with Gasteiger partial charge in [-0.1, -0.05) is 48.5 Å². The summed E-state index contributed by atoms with van der Waals surface area (Å²) in [4.78, 5) is 27.8. The highest BCUT2D eigenvalue weighted by atomic mass is 16.5. The SMILES string of the molecule is CCN(CC)c1ccc(C(=O)c2ccccc2C(=O)OCc2ccccc2)c(O)c1. The minimum atomic E-state index is -0.581. The van der Waals surface area contributed by atoms with Crippen molar-refractivity contribution in [2.75, 3.05) is 18.0 Å². The molecule has 0 fully saturated rings. The lowest BCUT2D eigenvalue weighted by Crippen LogP contribution is -2.21. The first-order valence-electron chi connectivity index (χ1n) is 9.97. The van der Waals surface area contributed by atoms with Crippen LogP contribution in [-0.2, 0) is 11.3 Å². The molecule has 1 N–H and O–H groups in total. The molecule has 0 atom stereocenters. The van der Waals surface area contributed by atoms with Crippen LogP contribution in [0.15, 0.2) is 72.8 Å². The molecule has 0 saturated heterocycles. The molecule has 3 aromatic rings. The third-order valence-electron chi connectivity index (χ3n) is 4.96. The van der Waals surface area contributed by atoms with Crippen LogP contribution >= 0.6 is 0 Å². The number of phenolic OH excluding ortho intramolecular Hbond substituents is 1. The van der Waals surface area contributed by atoms with E-state index in [9.17, 15) is 14.7 Å². The van der Waals surface area contributed by atoms with Gasteiger partial charge in [0.2, 0.25) is 0 Å². The summed E-state index contributed by atoms with van der Waals surface area (Å²) in [6.45, 7) is 5.75. The summed E-state index contributed by atoms with van der Waals surface area (Å²) in [5, 5.41) is 10.5. The van der Waals surface area contributed by atoms with Crippen LogP contribution in [0.3, 0.4) is 0 Å². The molecule has 0 aliphatic rings. The average molecular weight is 403 g/mol. The average Bonchev–Trinajstić information content (AvgIpc) is 2.78. The monoisotopic (exact) mass is 403 g/mol. The molecule has 0 unspecified atom stereocenters. The van der Waals surface area contributed by atoms with Crippen molar-refractivity contribution in [3.05, 3.63) is 95.1 Å². The van der Waals surface area contributed by atoms with E-state index < -0.39 is 11.8 Å². The highest BCUT2D eigenvalue weighted by Gasteiger charge is 2.22. The van der Waals surface area contributed by atoms with Crippen LogP contribution in [-0.4, -0.2) is 29.9 Å². The van der Waals surface area contributed by atoms with Gasteiger partial charge >= 0.3 is 5.97 Å². The first-order chi connectivity index (χ1) is 14.5. The summed E-state index contributed by atoms with van der Waals surface area (Å²) < 4.78 is 5.39. The van der Waals surface area contributed by atoms with Gasteiger partial charge in [-0.2, -0.15) is 0 Å².